The fourth-order valence-corrected chi connectivity index (χ4v) is 1.09. The molecule has 0 aliphatic heterocycles. The molecule has 82 valence electrons. The summed E-state index contributed by atoms with van der Waals surface area (Å²) in [5.41, 5.74) is -0.489. The highest BCUT2D eigenvalue weighted by atomic mass is 16.5. The summed E-state index contributed by atoms with van der Waals surface area (Å²) < 4.78 is 9.78. The highest BCUT2D eigenvalue weighted by molar-refractivity contribution is 5.89. The first-order chi connectivity index (χ1) is 7.20. The summed E-state index contributed by atoms with van der Waals surface area (Å²) in [5.74, 6) is -0.511. The van der Waals surface area contributed by atoms with Crippen LogP contribution in [0.5, 0.6) is 5.75 Å². The van der Waals surface area contributed by atoms with E-state index in [-0.39, 0.29) is 17.9 Å². The van der Waals surface area contributed by atoms with Crippen LogP contribution in [0.2, 0.25) is 0 Å². The van der Waals surface area contributed by atoms with E-state index in [9.17, 15) is 9.59 Å². The Morgan fingerprint density at radius 1 is 1.33 bits per heavy atom. The Hall–Kier alpha value is -1.78. The van der Waals surface area contributed by atoms with Crippen molar-refractivity contribution in [1.29, 1.82) is 0 Å². The number of nitrogens with one attached hydrogen (secondary N) is 1. The summed E-state index contributed by atoms with van der Waals surface area (Å²) in [4.78, 5) is 25.6. The first kappa shape index (κ1) is 11.3. The molecule has 5 nitrogen and oxygen atoms in total. The van der Waals surface area contributed by atoms with E-state index in [1.54, 1.807) is 13.8 Å². The molecule has 0 unspecified atom stereocenters. The van der Waals surface area contributed by atoms with Crippen molar-refractivity contribution in [2.24, 2.45) is 0 Å². The van der Waals surface area contributed by atoms with Crippen molar-refractivity contribution in [2.45, 2.75) is 13.8 Å². The van der Waals surface area contributed by atoms with Crippen molar-refractivity contribution >= 4 is 5.97 Å². The van der Waals surface area contributed by atoms with Gasteiger partial charge in [0, 0.05) is 12.4 Å². The zero-order valence-corrected chi connectivity index (χ0v) is 8.70. The molecule has 1 heterocycles. The van der Waals surface area contributed by atoms with Crippen LogP contribution in [0.4, 0.5) is 0 Å². The van der Waals surface area contributed by atoms with Crippen molar-refractivity contribution in [1.82, 2.24) is 4.98 Å². The molecule has 0 spiro atoms. The molecule has 0 bridgehead atoms. The lowest BCUT2D eigenvalue weighted by Crippen LogP contribution is -2.19. The number of carbonyl (C=O) groups is 1. The quantitative estimate of drug-likeness (QED) is 0.753. The smallest absolute Gasteiger partial charge is 0.343 e. The number of aromatic nitrogens is 1. The molecule has 0 atom stereocenters. The number of esters is 1. The van der Waals surface area contributed by atoms with Gasteiger partial charge in [-0.1, -0.05) is 0 Å². The maximum atomic E-state index is 11.6. The van der Waals surface area contributed by atoms with Crippen LogP contribution < -0.4 is 10.2 Å². The van der Waals surface area contributed by atoms with Gasteiger partial charge in [-0.2, -0.15) is 0 Å². The van der Waals surface area contributed by atoms with E-state index in [1.807, 2.05) is 0 Å². The maximum absolute atomic E-state index is 11.6. The average molecular weight is 211 g/mol. The van der Waals surface area contributed by atoms with Gasteiger partial charge in [-0.15, -0.1) is 0 Å². The number of carbonyl (C=O) groups excluding carboxylic acids is 1. The fraction of sp³-hybridized carbons (Fsp3) is 0.400. The molecular weight excluding hydrogens is 198 g/mol. The van der Waals surface area contributed by atoms with E-state index < -0.39 is 11.4 Å². The van der Waals surface area contributed by atoms with Crippen molar-refractivity contribution < 1.29 is 14.3 Å². The van der Waals surface area contributed by atoms with Gasteiger partial charge in [0.05, 0.1) is 13.2 Å². The van der Waals surface area contributed by atoms with Gasteiger partial charge in [0.2, 0.25) is 5.43 Å². The molecule has 0 saturated heterocycles. The molecule has 0 fully saturated rings. The van der Waals surface area contributed by atoms with Gasteiger partial charge in [0.15, 0.2) is 5.75 Å². The Morgan fingerprint density at radius 3 is 2.67 bits per heavy atom. The largest absolute Gasteiger partial charge is 0.488 e. The minimum absolute atomic E-state index is 0.0391. The van der Waals surface area contributed by atoms with Crippen LogP contribution in [0.3, 0.4) is 0 Å². The van der Waals surface area contributed by atoms with Gasteiger partial charge in [0.1, 0.15) is 5.56 Å². The zero-order valence-electron chi connectivity index (χ0n) is 8.70. The number of aromatic amines is 1. The van der Waals surface area contributed by atoms with E-state index in [4.69, 9.17) is 9.47 Å². The number of pyridine rings is 1. The Morgan fingerprint density at radius 2 is 2.07 bits per heavy atom. The molecule has 0 aliphatic rings. The summed E-state index contributed by atoms with van der Waals surface area (Å²) >= 11 is 0. The van der Waals surface area contributed by atoms with E-state index >= 15 is 0 Å². The molecular formula is C10H13NO4. The monoisotopic (exact) mass is 211 g/mol. The second kappa shape index (κ2) is 5.19. The van der Waals surface area contributed by atoms with E-state index in [2.05, 4.69) is 4.98 Å². The van der Waals surface area contributed by atoms with Crippen molar-refractivity contribution in [2.75, 3.05) is 13.2 Å². The highest BCUT2D eigenvalue weighted by Crippen LogP contribution is 2.03. The Bertz CT molecular complexity index is 397. The van der Waals surface area contributed by atoms with E-state index in [1.165, 1.54) is 12.4 Å². The molecule has 1 aromatic heterocycles. The lowest BCUT2D eigenvalue weighted by Gasteiger charge is -2.04. The molecule has 0 aromatic carbocycles. The van der Waals surface area contributed by atoms with Crippen LogP contribution in [-0.2, 0) is 4.74 Å². The predicted octanol–water partition coefficient (Wildman–Crippen LogP) is 0.950. The molecule has 15 heavy (non-hydrogen) atoms. The Balaban J connectivity index is 3.04. The standard InChI is InChI=1S/C10H13NO4/c1-3-14-8-6-11-5-7(9(8)12)10(13)15-4-2/h5-6H,3-4H2,1-2H3,(H,11,12). The predicted molar refractivity (Wildman–Crippen MR) is 54.2 cm³/mol. The summed E-state index contributed by atoms with van der Waals surface area (Å²) in [7, 11) is 0. The molecule has 0 amide bonds. The van der Waals surface area contributed by atoms with Gasteiger partial charge >= 0.3 is 5.97 Å². The minimum atomic E-state index is -0.639. The first-order valence-electron chi connectivity index (χ1n) is 4.71. The van der Waals surface area contributed by atoms with Crippen LogP contribution in [0, 0.1) is 0 Å². The van der Waals surface area contributed by atoms with Gasteiger partial charge < -0.3 is 14.5 Å². The summed E-state index contributed by atoms with van der Waals surface area (Å²) in [6.07, 6.45) is 2.72. The Labute approximate surface area is 87.0 Å². The summed E-state index contributed by atoms with van der Waals surface area (Å²) in [6.45, 7) is 4.04. The van der Waals surface area contributed by atoms with Crippen LogP contribution in [-0.4, -0.2) is 24.2 Å². The number of hydrogen-bond donors (Lipinski definition) is 1. The SMILES string of the molecule is CCOC(=O)c1c[nH]cc(OCC)c1=O. The normalized spacial score (nSPS) is 9.73. The van der Waals surface area contributed by atoms with Crippen LogP contribution in [0.1, 0.15) is 24.2 Å². The third-order valence-corrected chi connectivity index (χ3v) is 1.71. The number of hydrogen-bond acceptors (Lipinski definition) is 4. The maximum Gasteiger partial charge on any atom is 0.343 e. The summed E-state index contributed by atoms with van der Waals surface area (Å²) in [5, 5.41) is 0. The van der Waals surface area contributed by atoms with E-state index in [0.29, 0.717) is 6.61 Å². The highest BCUT2D eigenvalue weighted by Gasteiger charge is 2.14. The fourth-order valence-electron chi connectivity index (χ4n) is 1.09. The Kier molecular flexibility index (Phi) is 3.91. The van der Waals surface area contributed by atoms with Crippen LogP contribution in [0.15, 0.2) is 17.2 Å². The molecule has 1 rings (SSSR count). The third kappa shape index (κ3) is 2.59. The second-order valence-electron chi connectivity index (χ2n) is 2.72. The molecule has 0 saturated carbocycles. The molecule has 1 N–H and O–H groups in total. The van der Waals surface area contributed by atoms with E-state index in [0.717, 1.165) is 0 Å². The van der Waals surface area contributed by atoms with Crippen molar-refractivity contribution in [3.05, 3.63) is 28.2 Å². The number of H-pyrrole nitrogens is 1. The third-order valence-electron chi connectivity index (χ3n) is 1.71. The average Bonchev–Trinajstić information content (AvgIpc) is 2.22. The zero-order chi connectivity index (χ0) is 11.3. The van der Waals surface area contributed by atoms with Gasteiger partial charge in [-0.05, 0) is 13.8 Å². The lowest BCUT2D eigenvalue weighted by molar-refractivity contribution is 0.0523. The van der Waals surface area contributed by atoms with Crippen molar-refractivity contribution in [3.8, 4) is 5.75 Å². The summed E-state index contributed by atoms with van der Waals surface area (Å²) in [6, 6.07) is 0. The van der Waals surface area contributed by atoms with Crippen LogP contribution in [0.25, 0.3) is 0 Å². The lowest BCUT2D eigenvalue weighted by atomic mass is 10.2. The minimum Gasteiger partial charge on any atom is -0.488 e. The van der Waals surface area contributed by atoms with Crippen molar-refractivity contribution in [3.63, 3.8) is 0 Å². The number of rotatable bonds is 4. The van der Waals surface area contributed by atoms with Gasteiger partial charge in [-0.25, -0.2) is 4.79 Å². The topological polar surface area (TPSA) is 68.4 Å². The van der Waals surface area contributed by atoms with Gasteiger partial charge in [-0.3, -0.25) is 4.79 Å². The molecule has 0 radical (unpaired) electrons. The van der Waals surface area contributed by atoms with Crippen LogP contribution >= 0.6 is 0 Å². The van der Waals surface area contributed by atoms with Gasteiger partial charge in [0.25, 0.3) is 0 Å². The molecule has 1 aromatic rings. The number of ether oxygens (including phenoxy) is 2. The molecule has 0 aliphatic carbocycles. The first-order valence-corrected chi connectivity index (χ1v) is 4.71. The molecule has 5 heteroatoms. The second-order valence-corrected chi connectivity index (χ2v) is 2.72.